The highest BCUT2D eigenvalue weighted by atomic mass is 28.4. The van der Waals surface area contributed by atoms with E-state index in [1.54, 1.807) is 7.11 Å². The van der Waals surface area contributed by atoms with Crippen LogP contribution in [0.3, 0.4) is 0 Å². The van der Waals surface area contributed by atoms with Gasteiger partial charge in [-0.25, -0.2) is 4.98 Å². The Kier molecular flexibility index (Phi) is 7.51. The average molecular weight is 532 g/mol. The molecule has 1 fully saturated rings. The molecule has 38 heavy (non-hydrogen) atoms. The first-order valence-electron chi connectivity index (χ1n) is 13.2. The van der Waals surface area contributed by atoms with Crippen LogP contribution in [0.4, 0.5) is 5.95 Å². The number of imidazole rings is 1. The Labute approximate surface area is 225 Å². The van der Waals surface area contributed by atoms with E-state index in [-0.39, 0.29) is 17.0 Å². The second-order valence-corrected chi connectivity index (χ2v) is 15.3. The zero-order valence-corrected chi connectivity index (χ0v) is 23.6. The van der Waals surface area contributed by atoms with Crippen LogP contribution in [0.2, 0.25) is 5.04 Å². The Morgan fingerprint density at radius 2 is 1.58 bits per heavy atom. The van der Waals surface area contributed by atoms with E-state index in [9.17, 15) is 0 Å². The molecule has 0 atom stereocenters. The van der Waals surface area contributed by atoms with Crippen molar-refractivity contribution in [1.82, 2.24) is 19.5 Å². The van der Waals surface area contributed by atoms with Crippen molar-refractivity contribution in [2.75, 3.05) is 32.7 Å². The second kappa shape index (κ2) is 10.8. The first-order valence-corrected chi connectivity index (χ1v) is 15.1. The second-order valence-electron chi connectivity index (χ2n) is 11.0. The van der Waals surface area contributed by atoms with Gasteiger partial charge in [0.1, 0.15) is 6.61 Å². The van der Waals surface area contributed by atoms with Crippen LogP contribution < -0.4 is 20.8 Å². The van der Waals surface area contributed by atoms with E-state index in [1.165, 1.54) is 10.4 Å². The molecule has 1 aliphatic carbocycles. The van der Waals surface area contributed by atoms with E-state index in [2.05, 4.69) is 101 Å². The molecule has 8 nitrogen and oxygen atoms in total. The molecule has 5 rings (SSSR count). The number of anilines is 1. The molecule has 1 aliphatic rings. The number of hydrogen-bond acceptors (Lipinski definition) is 7. The highest BCUT2D eigenvalue weighted by molar-refractivity contribution is 6.99. The van der Waals surface area contributed by atoms with E-state index in [4.69, 9.17) is 19.6 Å². The van der Waals surface area contributed by atoms with Crippen LogP contribution in [0, 0.1) is 5.92 Å². The van der Waals surface area contributed by atoms with Gasteiger partial charge in [0.2, 0.25) is 11.8 Å². The normalized spacial score (nSPS) is 17.9. The molecule has 2 N–H and O–H groups in total. The number of nitrogens with two attached hydrogens (primary N) is 1. The van der Waals surface area contributed by atoms with E-state index in [1.807, 2.05) is 6.33 Å². The molecule has 0 amide bonds. The molecule has 0 aliphatic heterocycles. The fourth-order valence-electron chi connectivity index (χ4n) is 5.56. The van der Waals surface area contributed by atoms with Crippen LogP contribution in [0.25, 0.3) is 11.2 Å². The van der Waals surface area contributed by atoms with Gasteiger partial charge in [0.05, 0.1) is 12.9 Å². The molecule has 4 aromatic rings. The molecular weight excluding hydrogens is 494 g/mol. The molecule has 2 heterocycles. The van der Waals surface area contributed by atoms with Crippen LogP contribution in [-0.4, -0.2) is 54.8 Å². The summed E-state index contributed by atoms with van der Waals surface area (Å²) in [6.45, 7) is 8.51. The van der Waals surface area contributed by atoms with Gasteiger partial charge in [-0.15, -0.1) is 0 Å². The minimum Gasteiger partial charge on any atom is -0.474 e. The maximum absolute atomic E-state index is 7.15. The summed E-state index contributed by atoms with van der Waals surface area (Å²) in [6.07, 6.45) is 3.81. The molecule has 0 bridgehead atoms. The summed E-state index contributed by atoms with van der Waals surface area (Å²) in [7, 11) is -0.909. The minimum absolute atomic E-state index is 0.0347. The summed E-state index contributed by atoms with van der Waals surface area (Å²) in [5, 5.41) is 2.58. The third kappa shape index (κ3) is 4.93. The van der Waals surface area contributed by atoms with E-state index in [0.29, 0.717) is 36.2 Å². The van der Waals surface area contributed by atoms with Gasteiger partial charge < -0.3 is 24.2 Å². The molecule has 2 aromatic carbocycles. The number of methoxy groups -OCH3 is 1. The monoisotopic (exact) mass is 531 g/mol. The highest BCUT2D eigenvalue weighted by Gasteiger charge is 2.50. The Morgan fingerprint density at radius 3 is 2.16 bits per heavy atom. The molecule has 0 spiro atoms. The summed E-state index contributed by atoms with van der Waals surface area (Å²) in [6, 6.07) is 21.9. The number of hydrogen-bond donors (Lipinski definition) is 1. The number of nitrogens with zero attached hydrogens (tertiary/aromatic N) is 4. The quantitative estimate of drug-likeness (QED) is 0.244. The third-order valence-corrected chi connectivity index (χ3v) is 12.5. The first kappa shape index (κ1) is 26.3. The molecular formula is C29H37N5O3Si. The van der Waals surface area contributed by atoms with Crippen molar-refractivity contribution in [1.29, 1.82) is 0 Å². The maximum atomic E-state index is 7.15. The lowest BCUT2D eigenvalue weighted by Crippen LogP contribution is -2.67. The first-order chi connectivity index (χ1) is 18.3. The van der Waals surface area contributed by atoms with Crippen LogP contribution in [0.15, 0.2) is 67.0 Å². The molecule has 2 aromatic heterocycles. The highest BCUT2D eigenvalue weighted by Crippen LogP contribution is 2.42. The van der Waals surface area contributed by atoms with E-state index >= 15 is 0 Å². The standard InChI is InChI=1S/C29H37N5O3Si/c1-29(2,3)38(23-11-7-5-8-12-23,24-13-9-6-10-14-24)37-19-21-17-22(18-21)34-20-31-25-26(34)32-28(30)33-27(25)36-16-15-35-4/h5-14,20-22H,15-19H2,1-4H3,(H2,30,32,33). The number of fused-ring (bicyclic) bond motifs is 1. The summed E-state index contributed by atoms with van der Waals surface area (Å²) < 4.78 is 20.1. The van der Waals surface area contributed by atoms with Gasteiger partial charge in [0.15, 0.2) is 11.2 Å². The van der Waals surface area contributed by atoms with Gasteiger partial charge in [-0.2, -0.15) is 9.97 Å². The van der Waals surface area contributed by atoms with Gasteiger partial charge in [-0.3, -0.25) is 0 Å². The van der Waals surface area contributed by atoms with Gasteiger partial charge in [0, 0.05) is 19.8 Å². The predicted molar refractivity (Wildman–Crippen MR) is 152 cm³/mol. The Balaban J connectivity index is 1.35. The lowest BCUT2D eigenvalue weighted by molar-refractivity contribution is 0.121. The van der Waals surface area contributed by atoms with E-state index < -0.39 is 8.32 Å². The van der Waals surface area contributed by atoms with Crippen molar-refractivity contribution >= 4 is 35.8 Å². The topological polar surface area (TPSA) is 97.3 Å². The predicted octanol–water partition coefficient (Wildman–Crippen LogP) is 3.96. The number of rotatable bonds is 10. The van der Waals surface area contributed by atoms with Gasteiger partial charge in [0.25, 0.3) is 8.32 Å². The fraction of sp³-hybridized carbons (Fsp3) is 0.414. The Morgan fingerprint density at radius 1 is 0.947 bits per heavy atom. The van der Waals surface area contributed by atoms with Gasteiger partial charge in [-0.05, 0) is 34.2 Å². The fourth-order valence-corrected chi connectivity index (χ4v) is 10.2. The summed E-state index contributed by atoms with van der Waals surface area (Å²) in [5.41, 5.74) is 7.34. The molecule has 1 saturated carbocycles. The molecule has 0 saturated heterocycles. The maximum Gasteiger partial charge on any atom is 0.261 e. The number of aromatic nitrogens is 4. The van der Waals surface area contributed by atoms with Crippen molar-refractivity contribution in [3.8, 4) is 5.88 Å². The van der Waals surface area contributed by atoms with Crippen molar-refractivity contribution in [2.24, 2.45) is 5.92 Å². The number of nitrogen functional groups attached to an aromatic ring is 1. The molecule has 0 radical (unpaired) electrons. The van der Waals surface area contributed by atoms with Crippen molar-refractivity contribution in [3.63, 3.8) is 0 Å². The summed E-state index contributed by atoms with van der Waals surface area (Å²) >= 11 is 0. The lowest BCUT2D eigenvalue weighted by Gasteiger charge is -2.45. The number of benzene rings is 2. The molecule has 0 unspecified atom stereocenters. The van der Waals surface area contributed by atoms with Crippen molar-refractivity contribution < 1.29 is 13.9 Å². The lowest BCUT2D eigenvalue weighted by atomic mass is 9.81. The SMILES string of the molecule is COCCOc1nc(N)nc2c1ncn2C1CC(CO[Si](c2ccccc2)(c2ccccc2)C(C)(C)C)C1. The minimum atomic E-state index is -2.54. The Hall–Kier alpha value is -3.27. The van der Waals surface area contributed by atoms with Crippen LogP contribution in [0.5, 0.6) is 5.88 Å². The van der Waals surface area contributed by atoms with E-state index in [0.717, 1.165) is 19.4 Å². The van der Waals surface area contributed by atoms with Crippen molar-refractivity contribution in [2.45, 2.75) is 44.7 Å². The van der Waals surface area contributed by atoms with Crippen LogP contribution in [-0.2, 0) is 9.16 Å². The molecule has 200 valence electrons. The summed E-state index contributed by atoms with van der Waals surface area (Å²) in [5.74, 6) is 1.03. The average Bonchev–Trinajstić information content (AvgIpc) is 3.29. The molecule has 9 heteroatoms. The van der Waals surface area contributed by atoms with Gasteiger partial charge >= 0.3 is 0 Å². The third-order valence-electron chi connectivity index (χ3n) is 7.49. The summed E-state index contributed by atoms with van der Waals surface area (Å²) in [4.78, 5) is 13.3. The largest absolute Gasteiger partial charge is 0.474 e. The van der Waals surface area contributed by atoms with Crippen LogP contribution >= 0.6 is 0 Å². The smallest absolute Gasteiger partial charge is 0.261 e. The zero-order chi connectivity index (χ0) is 26.8. The number of ether oxygens (including phenoxy) is 2. The zero-order valence-electron chi connectivity index (χ0n) is 22.6. The Bertz CT molecular complexity index is 1310. The van der Waals surface area contributed by atoms with Crippen molar-refractivity contribution in [3.05, 3.63) is 67.0 Å². The van der Waals surface area contributed by atoms with Crippen LogP contribution in [0.1, 0.15) is 39.7 Å². The van der Waals surface area contributed by atoms with Gasteiger partial charge in [-0.1, -0.05) is 81.4 Å².